The lowest BCUT2D eigenvalue weighted by Gasteiger charge is -2.03. The fraction of sp³-hybridized carbons (Fsp3) is 0.0667. The second-order valence-electron chi connectivity index (χ2n) is 4.43. The van der Waals surface area contributed by atoms with Crippen LogP contribution in [0.25, 0.3) is 10.2 Å². The highest BCUT2D eigenvalue weighted by Gasteiger charge is 2.14. The Labute approximate surface area is 138 Å². The van der Waals surface area contributed by atoms with E-state index in [9.17, 15) is 9.18 Å². The van der Waals surface area contributed by atoms with Crippen molar-refractivity contribution in [2.45, 2.75) is 0 Å². The summed E-state index contributed by atoms with van der Waals surface area (Å²) >= 11 is 4.52. The number of halogens is 2. The van der Waals surface area contributed by atoms with Crippen LogP contribution in [0.5, 0.6) is 5.75 Å². The van der Waals surface area contributed by atoms with E-state index in [0.29, 0.717) is 15.4 Å². The second-order valence-corrected chi connectivity index (χ2v) is 6.38. The smallest absolute Gasteiger partial charge is 0.260 e. The number of nitrogens with zero attached hydrogens (tertiary/aromatic N) is 1. The van der Waals surface area contributed by atoms with Crippen molar-refractivity contribution in [2.75, 3.05) is 12.4 Å². The number of rotatable bonds is 3. The lowest BCUT2D eigenvalue weighted by Crippen LogP contribution is -2.13. The van der Waals surface area contributed by atoms with Crippen LogP contribution >= 0.6 is 27.3 Å². The summed E-state index contributed by atoms with van der Waals surface area (Å²) in [7, 11) is 1.58. The van der Waals surface area contributed by atoms with E-state index in [-0.39, 0.29) is 5.56 Å². The van der Waals surface area contributed by atoms with E-state index in [1.807, 2.05) is 6.07 Å². The van der Waals surface area contributed by atoms with Gasteiger partial charge in [0.1, 0.15) is 11.6 Å². The predicted molar refractivity (Wildman–Crippen MR) is 88.2 cm³/mol. The van der Waals surface area contributed by atoms with Crippen molar-refractivity contribution < 1.29 is 13.9 Å². The van der Waals surface area contributed by atoms with Gasteiger partial charge in [0.25, 0.3) is 5.91 Å². The number of nitrogens with one attached hydrogen (secondary N) is 1. The number of ether oxygens (including phenoxy) is 1. The number of hydrogen-bond donors (Lipinski definition) is 1. The minimum absolute atomic E-state index is 0.0359. The molecule has 2 aromatic carbocycles. The summed E-state index contributed by atoms with van der Waals surface area (Å²) < 4.78 is 20.4. The molecule has 0 spiro atoms. The number of benzene rings is 2. The molecule has 22 heavy (non-hydrogen) atoms. The van der Waals surface area contributed by atoms with Crippen LogP contribution in [0.2, 0.25) is 0 Å². The van der Waals surface area contributed by atoms with Crippen LogP contribution in [-0.2, 0) is 0 Å². The van der Waals surface area contributed by atoms with Gasteiger partial charge in [0.2, 0.25) is 0 Å². The molecule has 7 heteroatoms. The van der Waals surface area contributed by atoms with Crippen LogP contribution in [0.3, 0.4) is 0 Å². The van der Waals surface area contributed by atoms with E-state index >= 15 is 0 Å². The Kier molecular flexibility index (Phi) is 4.08. The monoisotopic (exact) mass is 380 g/mol. The molecule has 0 saturated heterocycles. The van der Waals surface area contributed by atoms with Crippen LogP contribution in [0.4, 0.5) is 9.52 Å². The standard InChI is InChI=1S/C15H10BrFN2O2S/c1-21-9-3-5-12-13(7-9)22-15(18-12)19-14(20)10-6-8(16)2-4-11(10)17/h2-7H,1H3,(H,18,19,20). The van der Waals surface area contributed by atoms with Crippen molar-refractivity contribution in [2.24, 2.45) is 0 Å². The molecule has 0 unspecified atom stereocenters. The SMILES string of the molecule is COc1ccc2nc(NC(=O)c3cc(Br)ccc3F)sc2c1. The molecule has 1 heterocycles. The van der Waals surface area contributed by atoms with Gasteiger partial charge in [-0.15, -0.1) is 0 Å². The Bertz CT molecular complexity index is 866. The van der Waals surface area contributed by atoms with E-state index in [1.54, 1.807) is 19.2 Å². The number of thiazole rings is 1. The summed E-state index contributed by atoms with van der Waals surface area (Å²) in [5.41, 5.74) is 0.710. The van der Waals surface area contributed by atoms with Crippen LogP contribution < -0.4 is 10.1 Å². The van der Waals surface area contributed by atoms with Gasteiger partial charge in [0, 0.05) is 4.47 Å². The van der Waals surface area contributed by atoms with E-state index in [0.717, 1.165) is 10.2 Å². The summed E-state index contributed by atoms with van der Waals surface area (Å²) in [5, 5.41) is 3.03. The van der Waals surface area contributed by atoms with Gasteiger partial charge in [-0.2, -0.15) is 0 Å². The lowest BCUT2D eigenvalue weighted by molar-refractivity contribution is 0.102. The number of amides is 1. The fourth-order valence-electron chi connectivity index (χ4n) is 1.92. The van der Waals surface area contributed by atoms with Crippen molar-refractivity contribution in [1.29, 1.82) is 0 Å². The third-order valence-electron chi connectivity index (χ3n) is 2.99. The zero-order valence-corrected chi connectivity index (χ0v) is 13.8. The van der Waals surface area contributed by atoms with E-state index in [2.05, 4.69) is 26.2 Å². The summed E-state index contributed by atoms with van der Waals surface area (Å²) in [4.78, 5) is 16.5. The number of anilines is 1. The Morgan fingerprint density at radius 1 is 1.32 bits per heavy atom. The molecule has 4 nitrogen and oxygen atoms in total. The molecule has 0 fully saturated rings. The normalized spacial score (nSPS) is 10.7. The molecule has 0 aliphatic carbocycles. The molecule has 0 radical (unpaired) electrons. The molecular weight excluding hydrogens is 371 g/mol. The van der Waals surface area contributed by atoms with Crippen molar-refractivity contribution >= 4 is 48.5 Å². The lowest BCUT2D eigenvalue weighted by atomic mass is 10.2. The van der Waals surface area contributed by atoms with Gasteiger partial charge < -0.3 is 4.74 Å². The largest absolute Gasteiger partial charge is 0.497 e. The molecule has 0 saturated carbocycles. The maximum absolute atomic E-state index is 13.7. The first kappa shape index (κ1) is 14.9. The third kappa shape index (κ3) is 2.95. The maximum atomic E-state index is 13.7. The Balaban J connectivity index is 1.89. The highest BCUT2D eigenvalue weighted by molar-refractivity contribution is 9.10. The first-order valence-electron chi connectivity index (χ1n) is 6.28. The number of hydrogen-bond acceptors (Lipinski definition) is 4. The summed E-state index contributed by atoms with van der Waals surface area (Å²) in [5.74, 6) is -0.402. The number of carbonyl (C=O) groups is 1. The average Bonchev–Trinajstić information content (AvgIpc) is 2.90. The predicted octanol–water partition coefficient (Wildman–Crippen LogP) is 4.46. The van der Waals surface area contributed by atoms with Crippen molar-refractivity contribution in [3.05, 3.63) is 52.3 Å². The summed E-state index contributed by atoms with van der Waals surface area (Å²) in [6, 6.07) is 9.64. The van der Waals surface area contributed by atoms with Crippen LogP contribution in [0.1, 0.15) is 10.4 Å². The van der Waals surface area contributed by atoms with Gasteiger partial charge in [0.15, 0.2) is 5.13 Å². The maximum Gasteiger partial charge on any atom is 0.260 e. The van der Waals surface area contributed by atoms with Gasteiger partial charge in [0.05, 0.1) is 22.9 Å². The highest BCUT2D eigenvalue weighted by atomic mass is 79.9. The minimum atomic E-state index is -0.580. The molecule has 1 amide bonds. The molecule has 1 N–H and O–H groups in total. The molecular formula is C15H10BrFN2O2S. The first-order chi connectivity index (χ1) is 10.6. The molecule has 112 valence electrons. The molecule has 1 aromatic heterocycles. The Morgan fingerprint density at radius 2 is 2.14 bits per heavy atom. The van der Waals surface area contributed by atoms with Crippen LogP contribution in [0.15, 0.2) is 40.9 Å². The van der Waals surface area contributed by atoms with Crippen molar-refractivity contribution in [1.82, 2.24) is 4.98 Å². The van der Waals surface area contributed by atoms with E-state index in [4.69, 9.17) is 4.74 Å². The van der Waals surface area contributed by atoms with Gasteiger partial charge in [-0.3, -0.25) is 10.1 Å². The second kappa shape index (κ2) is 6.02. The van der Waals surface area contributed by atoms with Crippen LogP contribution in [0, 0.1) is 5.82 Å². The zero-order valence-electron chi connectivity index (χ0n) is 11.4. The molecule has 0 atom stereocenters. The number of fused-ring (bicyclic) bond motifs is 1. The van der Waals surface area contributed by atoms with Gasteiger partial charge in [-0.25, -0.2) is 9.37 Å². The van der Waals surface area contributed by atoms with Gasteiger partial charge >= 0.3 is 0 Å². The average molecular weight is 381 g/mol. The quantitative estimate of drug-likeness (QED) is 0.729. The number of methoxy groups -OCH3 is 1. The molecule has 3 aromatic rings. The Hall–Kier alpha value is -1.99. The molecule has 3 rings (SSSR count). The zero-order chi connectivity index (χ0) is 15.7. The van der Waals surface area contributed by atoms with E-state index < -0.39 is 11.7 Å². The fourth-order valence-corrected chi connectivity index (χ4v) is 3.17. The number of aromatic nitrogens is 1. The highest BCUT2D eigenvalue weighted by Crippen LogP contribution is 2.29. The number of carbonyl (C=O) groups excluding carboxylic acids is 1. The van der Waals surface area contributed by atoms with Gasteiger partial charge in [-0.05, 0) is 36.4 Å². The van der Waals surface area contributed by atoms with Crippen molar-refractivity contribution in [3.63, 3.8) is 0 Å². The van der Waals surface area contributed by atoms with E-state index in [1.165, 1.54) is 29.5 Å². The van der Waals surface area contributed by atoms with Gasteiger partial charge in [-0.1, -0.05) is 27.3 Å². The summed E-state index contributed by atoms with van der Waals surface area (Å²) in [6.07, 6.45) is 0. The first-order valence-corrected chi connectivity index (χ1v) is 7.89. The molecule has 0 aliphatic heterocycles. The van der Waals surface area contributed by atoms with Crippen molar-refractivity contribution in [3.8, 4) is 5.75 Å². The minimum Gasteiger partial charge on any atom is -0.497 e. The molecule has 0 aliphatic rings. The summed E-state index contributed by atoms with van der Waals surface area (Å²) in [6.45, 7) is 0. The third-order valence-corrected chi connectivity index (χ3v) is 4.42. The molecule has 0 bridgehead atoms. The Morgan fingerprint density at radius 3 is 2.91 bits per heavy atom. The van der Waals surface area contributed by atoms with Crippen LogP contribution in [-0.4, -0.2) is 18.0 Å². The topological polar surface area (TPSA) is 51.2 Å².